The number of rotatable bonds is 17. The van der Waals surface area contributed by atoms with Gasteiger partial charge in [-0.25, -0.2) is 0 Å². The fraction of sp³-hybridized carbons (Fsp3) is 0.714. The van der Waals surface area contributed by atoms with E-state index in [0.29, 0.717) is 0 Å². The van der Waals surface area contributed by atoms with Gasteiger partial charge in [-0.15, -0.1) is 0 Å². The highest BCUT2D eigenvalue weighted by molar-refractivity contribution is 5.66. The summed E-state index contributed by atoms with van der Waals surface area (Å²) in [6.07, 6.45) is 24.5. The number of hydrogen-bond donors (Lipinski definition) is 1. The zero-order chi connectivity index (χ0) is 24.3. The molecule has 1 aliphatic carbocycles. The van der Waals surface area contributed by atoms with Crippen molar-refractivity contribution in [2.45, 2.75) is 110 Å². The second-order valence-corrected chi connectivity index (χ2v) is 9.11. The van der Waals surface area contributed by atoms with Gasteiger partial charge in [0, 0.05) is 26.4 Å². The van der Waals surface area contributed by atoms with E-state index in [1.54, 1.807) is 0 Å². The summed E-state index contributed by atoms with van der Waals surface area (Å²) in [5.41, 5.74) is 0. The van der Waals surface area contributed by atoms with Gasteiger partial charge in [0.2, 0.25) is 0 Å². The van der Waals surface area contributed by atoms with Crippen molar-refractivity contribution < 1.29 is 24.2 Å². The minimum atomic E-state index is -0.250. The van der Waals surface area contributed by atoms with E-state index < -0.39 is 0 Å². The molecule has 0 aromatic carbocycles. The summed E-state index contributed by atoms with van der Waals surface area (Å²) in [5, 5.41) is 9.10. The monoisotopic (exact) mass is 462 g/mol. The van der Waals surface area contributed by atoms with Crippen molar-refractivity contribution in [3.05, 3.63) is 36.5 Å². The predicted octanol–water partition coefficient (Wildman–Crippen LogP) is 6.46. The Balaban J connectivity index is 2.67. The van der Waals surface area contributed by atoms with E-state index in [0.717, 1.165) is 44.9 Å². The van der Waals surface area contributed by atoms with Crippen LogP contribution in [0.5, 0.6) is 0 Å². The number of allylic oxidation sites excluding steroid dienone is 5. The molecule has 0 saturated heterocycles. The highest BCUT2D eigenvalue weighted by Crippen LogP contribution is 2.33. The maximum absolute atomic E-state index is 11.7. The van der Waals surface area contributed by atoms with Crippen LogP contribution in [0, 0.1) is 11.8 Å². The lowest BCUT2D eigenvalue weighted by Gasteiger charge is -2.33. The molecule has 5 heteroatoms. The van der Waals surface area contributed by atoms with Gasteiger partial charge in [-0.2, -0.15) is 0 Å². The first-order valence-corrected chi connectivity index (χ1v) is 12.9. The highest BCUT2D eigenvalue weighted by atomic mass is 16.5. The van der Waals surface area contributed by atoms with E-state index in [1.165, 1.54) is 46.0 Å². The molecular formula is C28H46O5. The van der Waals surface area contributed by atoms with Crippen LogP contribution in [0.15, 0.2) is 36.5 Å². The number of ether oxygens (including phenoxy) is 2. The van der Waals surface area contributed by atoms with Crippen molar-refractivity contribution >= 4 is 11.9 Å². The summed E-state index contributed by atoms with van der Waals surface area (Å²) in [6, 6.07) is 0. The number of aliphatic hydroxyl groups is 1. The normalized spacial score (nSPS) is 20.2. The quantitative estimate of drug-likeness (QED) is 0.116. The van der Waals surface area contributed by atoms with E-state index >= 15 is 0 Å². The van der Waals surface area contributed by atoms with E-state index in [1.807, 2.05) is 18.2 Å². The van der Waals surface area contributed by atoms with Crippen molar-refractivity contribution in [3.63, 3.8) is 0 Å². The third kappa shape index (κ3) is 14.1. The van der Waals surface area contributed by atoms with Crippen molar-refractivity contribution in [2.75, 3.05) is 6.61 Å². The van der Waals surface area contributed by atoms with Crippen LogP contribution in [0.3, 0.4) is 0 Å². The molecule has 0 aromatic rings. The third-order valence-corrected chi connectivity index (χ3v) is 6.18. The summed E-state index contributed by atoms with van der Waals surface area (Å²) >= 11 is 0. The SMILES string of the molecule is CCCCCCCCC(/C=C/C=C/C1CC=CCC1C(CCCCO)OC(C)=O)OC(C)=O. The maximum atomic E-state index is 11.7. The van der Waals surface area contributed by atoms with Gasteiger partial charge in [0.25, 0.3) is 0 Å². The molecule has 0 aliphatic heterocycles. The zero-order valence-electron chi connectivity index (χ0n) is 21.0. The van der Waals surface area contributed by atoms with Crippen LogP contribution in [-0.4, -0.2) is 35.9 Å². The van der Waals surface area contributed by atoms with E-state index in [4.69, 9.17) is 14.6 Å². The maximum Gasteiger partial charge on any atom is 0.303 e. The molecule has 4 atom stereocenters. The highest BCUT2D eigenvalue weighted by Gasteiger charge is 2.30. The number of hydrogen-bond acceptors (Lipinski definition) is 5. The molecule has 1 aliphatic rings. The lowest BCUT2D eigenvalue weighted by Crippen LogP contribution is -2.32. The molecule has 1 rings (SSSR count). The molecular weight excluding hydrogens is 416 g/mol. The second kappa shape index (κ2) is 18.5. The van der Waals surface area contributed by atoms with E-state index in [2.05, 4.69) is 25.2 Å². The molecule has 5 nitrogen and oxygen atoms in total. The van der Waals surface area contributed by atoms with Crippen LogP contribution in [0.4, 0.5) is 0 Å². The van der Waals surface area contributed by atoms with Gasteiger partial charge in [0.15, 0.2) is 0 Å². The molecule has 0 amide bonds. The Hall–Kier alpha value is -1.88. The van der Waals surface area contributed by atoms with Crippen LogP contribution >= 0.6 is 0 Å². The number of unbranched alkanes of at least 4 members (excludes halogenated alkanes) is 6. The number of carbonyl (C=O) groups excluding carboxylic acids is 2. The van der Waals surface area contributed by atoms with Gasteiger partial charge in [-0.1, -0.05) is 69.4 Å². The fourth-order valence-electron chi connectivity index (χ4n) is 4.46. The minimum Gasteiger partial charge on any atom is -0.462 e. The van der Waals surface area contributed by atoms with E-state index in [-0.39, 0.29) is 42.6 Å². The second-order valence-electron chi connectivity index (χ2n) is 9.11. The van der Waals surface area contributed by atoms with Crippen LogP contribution in [0.1, 0.15) is 97.8 Å². The first kappa shape index (κ1) is 29.2. The van der Waals surface area contributed by atoms with Crippen LogP contribution < -0.4 is 0 Å². The predicted molar refractivity (Wildman–Crippen MR) is 134 cm³/mol. The van der Waals surface area contributed by atoms with Gasteiger partial charge in [0.1, 0.15) is 12.2 Å². The molecule has 0 bridgehead atoms. The fourth-order valence-corrected chi connectivity index (χ4v) is 4.46. The third-order valence-electron chi connectivity index (χ3n) is 6.18. The lowest BCUT2D eigenvalue weighted by molar-refractivity contribution is -0.150. The smallest absolute Gasteiger partial charge is 0.303 e. The number of aliphatic hydroxyl groups excluding tert-OH is 1. The molecule has 0 heterocycles. The Bertz CT molecular complexity index is 622. The number of esters is 2. The van der Waals surface area contributed by atoms with Gasteiger partial charge >= 0.3 is 11.9 Å². The molecule has 0 fully saturated rings. The van der Waals surface area contributed by atoms with Gasteiger partial charge in [-0.05, 0) is 56.9 Å². The molecule has 4 unspecified atom stereocenters. The molecule has 0 saturated carbocycles. The summed E-state index contributed by atoms with van der Waals surface area (Å²) < 4.78 is 11.1. The van der Waals surface area contributed by atoms with Gasteiger partial charge in [0.05, 0.1) is 0 Å². The Labute approximate surface area is 201 Å². The van der Waals surface area contributed by atoms with Crippen molar-refractivity contribution in [1.82, 2.24) is 0 Å². The lowest BCUT2D eigenvalue weighted by atomic mass is 9.78. The van der Waals surface area contributed by atoms with Gasteiger partial charge in [-0.3, -0.25) is 9.59 Å². The average Bonchev–Trinajstić information content (AvgIpc) is 2.78. The van der Waals surface area contributed by atoms with Crippen molar-refractivity contribution in [1.29, 1.82) is 0 Å². The van der Waals surface area contributed by atoms with Crippen LogP contribution in [0.2, 0.25) is 0 Å². The Morgan fingerprint density at radius 1 is 0.909 bits per heavy atom. The summed E-state index contributed by atoms with van der Waals surface area (Å²) in [6.45, 7) is 5.30. The summed E-state index contributed by atoms with van der Waals surface area (Å²) in [7, 11) is 0. The Morgan fingerprint density at radius 3 is 2.27 bits per heavy atom. The Kier molecular flexibility index (Phi) is 16.4. The molecule has 0 aromatic heterocycles. The first-order valence-electron chi connectivity index (χ1n) is 12.9. The average molecular weight is 463 g/mol. The summed E-state index contributed by atoms with van der Waals surface area (Å²) in [4.78, 5) is 23.1. The summed E-state index contributed by atoms with van der Waals surface area (Å²) in [5.74, 6) is 0.0165. The van der Waals surface area contributed by atoms with E-state index in [9.17, 15) is 9.59 Å². The first-order chi connectivity index (χ1) is 16.0. The van der Waals surface area contributed by atoms with Gasteiger partial charge < -0.3 is 14.6 Å². The van der Waals surface area contributed by atoms with Crippen molar-refractivity contribution in [2.24, 2.45) is 11.8 Å². The van der Waals surface area contributed by atoms with Crippen LogP contribution in [0.25, 0.3) is 0 Å². The zero-order valence-corrected chi connectivity index (χ0v) is 21.0. The standard InChI is InChI=1S/C28H46O5/c1-4-5-6-7-8-9-18-26(32-23(2)30)19-12-10-16-25-17-11-13-20-27(25)28(33-24(3)31)21-14-15-22-29/h10-13,16,19,25-29H,4-9,14-15,17-18,20-22H2,1-3H3/b16-10+,19-12+. The van der Waals surface area contributed by atoms with Crippen molar-refractivity contribution in [3.8, 4) is 0 Å². The molecule has 33 heavy (non-hydrogen) atoms. The molecule has 188 valence electrons. The Morgan fingerprint density at radius 2 is 1.58 bits per heavy atom. The molecule has 0 spiro atoms. The molecule has 1 N–H and O–H groups in total. The minimum absolute atomic E-state index is 0.140. The topological polar surface area (TPSA) is 72.8 Å². The van der Waals surface area contributed by atoms with Crippen LogP contribution in [-0.2, 0) is 19.1 Å². The molecule has 0 radical (unpaired) electrons. The number of carbonyl (C=O) groups is 2. The largest absolute Gasteiger partial charge is 0.462 e.